The van der Waals surface area contributed by atoms with Crippen LogP contribution in [-0.2, 0) is 0 Å². The number of rotatable bonds is 1. The number of nitro groups is 1. The predicted octanol–water partition coefficient (Wildman–Crippen LogP) is -0.994. The van der Waals surface area contributed by atoms with Gasteiger partial charge in [0, 0.05) is 5.10 Å². The normalized spacial score (nSPS) is 9.33. The summed E-state index contributed by atoms with van der Waals surface area (Å²) in [5.41, 5.74) is -0.679. The molecule has 1 aromatic rings. The van der Waals surface area contributed by atoms with Gasteiger partial charge in [-0.15, -0.1) is 5.10 Å². The largest absolute Gasteiger partial charge is 0.457 e. The van der Waals surface area contributed by atoms with Crippen molar-refractivity contribution in [3.63, 3.8) is 0 Å². The molecule has 0 fully saturated rings. The van der Waals surface area contributed by atoms with Crippen LogP contribution in [0.15, 0.2) is 4.79 Å². The van der Waals surface area contributed by atoms with E-state index in [0.717, 1.165) is 0 Å². The number of hydrogen-bond donors (Lipinski definition) is 2. The Morgan fingerprint density at radius 1 is 1.67 bits per heavy atom. The van der Waals surface area contributed by atoms with Crippen LogP contribution in [0.3, 0.4) is 0 Å². The van der Waals surface area contributed by atoms with Gasteiger partial charge < -0.3 is 10.1 Å². The van der Waals surface area contributed by atoms with Crippen molar-refractivity contribution >= 4 is 5.95 Å². The first-order chi connectivity index (χ1) is 4.20. The Hall–Kier alpha value is -1.66. The number of nitrogens with one attached hydrogen (secondary N) is 2. The highest BCUT2D eigenvalue weighted by Crippen LogP contribution is 1.91. The molecule has 0 aliphatic heterocycles. The summed E-state index contributed by atoms with van der Waals surface area (Å²) in [6.07, 6.45) is 0. The monoisotopic (exact) mass is 131 g/mol. The third kappa shape index (κ3) is 0.929. The Bertz CT molecular complexity index is 271. The zero-order chi connectivity index (χ0) is 6.85. The molecule has 0 atom stereocenters. The van der Waals surface area contributed by atoms with Crippen LogP contribution in [0, 0.1) is 10.1 Å². The third-order valence-corrected chi connectivity index (χ3v) is 0.662. The number of nitrogens with zero attached hydrogens (tertiary/aromatic N) is 2. The molecule has 0 saturated carbocycles. The summed E-state index contributed by atoms with van der Waals surface area (Å²) in [6, 6.07) is 0. The summed E-state index contributed by atoms with van der Waals surface area (Å²) >= 11 is 0. The summed E-state index contributed by atoms with van der Waals surface area (Å²) in [4.78, 5) is 20.9. The van der Waals surface area contributed by atoms with Crippen LogP contribution >= 0.6 is 0 Å². The predicted molar refractivity (Wildman–Crippen MR) is 25.9 cm³/mol. The lowest BCUT2D eigenvalue weighted by Crippen LogP contribution is -2.01. The standard InChI is InChI=1S/C2H2N4O3/c7-2-3-1(4-5-2)6(8)9/h(H2,3,4,5,7)/i6+1. The molecule has 0 saturated heterocycles. The molecule has 1 heterocycles. The SMILES string of the molecule is O=c1[nH]nc([15N+](=O)[O-])[nH]1. The molecule has 1 rings (SSSR count). The first kappa shape index (κ1) is 5.48. The molecule has 9 heavy (non-hydrogen) atoms. The summed E-state index contributed by atoms with van der Waals surface area (Å²) in [5, 5.41) is 14.6. The first-order valence-electron chi connectivity index (χ1n) is 1.99. The quantitative estimate of drug-likeness (QED) is 0.290. The average Bonchev–Trinajstić information content (AvgIpc) is 2.14. The highest BCUT2D eigenvalue weighted by atomic mass is 16.9. The van der Waals surface area contributed by atoms with Crippen molar-refractivity contribution in [2.24, 2.45) is 0 Å². The molecule has 7 heteroatoms. The van der Waals surface area contributed by atoms with Gasteiger partial charge in [-0.1, -0.05) is 0 Å². The average molecular weight is 131 g/mol. The van der Waals surface area contributed by atoms with Crippen molar-refractivity contribution in [1.82, 2.24) is 15.2 Å². The molecule has 0 amide bonds. The molecule has 0 radical (unpaired) electrons. The Balaban J connectivity index is 3.12. The summed E-state index contributed by atoms with van der Waals surface area (Å²) < 4.78 is 0. The van der Waals surface area contributed by atoms with Gasteiger partial charge in [-0.3, -0.25) is 0 Å². The van der Waals surface area contributed by atoms with E-state index in [1.54, 1.807) is 0 Å². The topological polar surface area (TPSA) is 105 Å². The Labute approximate surface area is 47.9 Å². The third-order valence-electron chi connectivity index (χ3n) is 0.662. The zero-order valence-electron chi connectivity index (χ0n) is 4.12. The highest BCUT2D eigenvalue weighted by Gasteiger charge is 2.06. The van der Waals surface area contributed by atoms with E-state index in [-0.39, 0.29) is 0 Å². The lowest BCUT2D eigenvalue weighted by Gasteiger charge is -1.82. The summed E-state index contributed by atoms with van der Waals surface area (Å²) in [6.45, 7) is 0. The Morgan fingerprint density at radius 2 is 2.33 bits per heavy atom. The van der Waals surface area contributed by atoms with Gasteiger partial charge >= 0.3 is 11.6 Å². The molecule has 0 aliphatic carbocycles. The fraction of sp³-hybridized carbons (Fsp3) is 0. The summed E-state index contributed by atoms with van der Waals surface area (Å²) in [5.74, 6) is -0.569. The van der Waals surface area contributed by atoms with E-state index in [1.807, 2.05) is 10.1 Å². The maximum atomic E-state index is 10.1. The number of H-pyrrole nitrogens is 2. The summed E-state index contributed by atoms with van der Waals surface area (Å²) in [7, 11) is 0. The van der Waals surface area contributed by atoms with Gasteiger partial charge in [-0.25, -0.2) is 4.79 Å². The Morgan fingerprint density at radius 3 is 2.56 bits per heavy atom. The highest BCUT2D eigenvalue weighted by molar-refractivity contribution is 4.95. The molecule has 0 spiro atoms. The fourth-order valence-corrected chi connectivity index (χ4v) is 0.348. The minimum absolute atomic E-state index is 0.569. The minimum Gasteiger partial charge on any atom is -0.390 e. The van der Waals surface area contributed by atoms with Gasteiger partial charge in [0.2, 0.25) is 0 Å². The van der Waals surface area contributed by atoms with Gasteiger partial charge in [-0.2, -0.15) is 4.98 Å². The van der Waals surface area contributed by atoms with Crippen LogP contribution in [0.1, 0.15) is 0 Å². The molecule has 0 aromatic carbocycles. The smallest absolute Gasteiger partial charge is 0.390 e. The van der Waals surface area contributed by atoms with E-state index in [1.165, 1.54) is 0 Å². The number of aromatic amines is 2. The number of aromatic nitrogens is 3. The fourth-order valence-electron chi connectivity index (χ4n) is 0.348. The van der Waals surface area contributed by atoms with Crippen molar-refractivity contribution in [1.29, 1.82) is 0 Å². The van der Waals surface area contributed by atoms with E-state index in [9.17, 15) is 14.9 Å². The second-order valence-electron chi connectivity index (χ2n) is 1.26. The molecule has 0 unspecified atom stereocenters. The molecule has 0 bridgehead atoms. The van der Waals surface area contributed by atoms with Crippen LogP contribution in [0.2, 0.25) is 0 Å². The van der Waals surface area contributed by atoms with Crippen molar-refractivity contribution in [3.05, 3.63) is 20.6 Å². The first-order valence-corrected chi connectivity index (χ1v) is 1.99. The molecule has 2 N–H and O–H groups in total. The molecule has 48 valence electrons. The van der Waals surface area contributed by atoms with Crippen molar-refractivity contribution < 1.29 is 4.92 Å². The number of hydrogen-bond acceptors (Lipinski definition) is 4. The van der Waals surface area contributed by atoms with Crippen molar-refractivity contribution in [2.45, 2.75) is 0 Å². The van der Waals surface area contributed by atoms with E-state index >= 15 is 0 Å². The van der Waals surface area contributed by atoms with E-state index in [2.05, 4.69) is 5.10 Å². The second-order valence-corrected chi connectivity index (χ2v) is 1.26. The van der Waals surface area contributed by atoms with Gasteiger partial charge in [0.1, 0.15) is 0 Å². The van der Waals surface area contributed by atoms with E-state index in [4.69, 9.17) is 0 Å². The maximum absolute atomic E-state index is 10.1. The lowest BCUT2D eigenvalue weighted by molar-refractivity contribution is -0.394. The van der Waals surface area contributed by atoms with Crippen LogP contribution in [0.25, 0.3) is 0 Å². The molecular weight excluding hydrogens is 129 g/mol. The van der Waals surface area contributed by atoms with Crippen LogP contribution in [0.5, 0.6) is 0 Å². The van der Waals surface area contributed by atoms with Gasteiger partial charge in [0.25, 0.3) is 0 Å². The van der Waals surface area contributed by atoms with E-state index < -0.39 is 16.6 Å². The van der Waals surface area contributed by atoms with Gasteiger partial charge in [-0.05, 0) is 4.92 Å². The molecule has 0 aliphatic rings. The second kappa shape index (κ2) is 1.69. The lowest BCUT2D eigenvalue weighted by atomic mass is 11.1. The van der Waals surface area contributed by atoms with Crippen LogP contribution in [-0.4, -0.2) is 20.1 Å². The molecular formula is C2H2N4O3. The zero-order valence-corrected chi connectivity index (χ0v) is 4.12. The van der Waals surface area contributed by atoms with Crippen molar-refractivity contribution in [2.75, 3.05) is 0 Å². The molecule has 7 nitrogen and oxygen atoms in total. The molecule has 1 aromatic heterocycles. The maximum Gasteiger partial charge on any atom is 0.457 e. The minimum atomic E-state index is -0.794. The van der Waals surface area contributed by atoms with Gasteiger partial charge in [0.15, 0.2) is 0 Å². The van der Waals surface area contributed by atoms with E-state index in [0.29, 0.717) is 0 Å². The van der Waals surface area contributed by atoms with Crippen molar-refractivity contribution in [3.8, 4) is 0 Å². The Kier molecular flexibility index (Phi) is 1.03. The van der Waals surface area contributed by atoms with Crippen LogP contribution < -0.4 is 5.69 Å². The van der Waals surface area contributed by atoms with Crippen LogP contribution in [0.4, 0.5) is 5.95 Å². The van der Waals surface area contributed by atoms with Gasteiger partial charge in [0.05, 0.1) is 0 Å².